The molecule has 0 bridgehead atoms. The van der Waals surface area contributed by atoms with Crippen molar-refractivity contribution < 1.29 is 19.0 Å². The van der Waals surface area contributed by atoms with E-state index in [-0.39, 0.29) is 18.3 Å². The fraction of sp³-hybridized carbons (Fsp3) is 0.562. The first kappa shape index (κ1) is 29.8. The van der Waals surface area contributed by atoms with Crippen LogP contribution >= 0.6 is 11.3 Å². The Morgan fingerprint density at radius 2 is 1.78 bits per heavy atom. The van der Waals surface area contributed by atoms with Crippen LogP contribution in [-0.2, 0) is 9.47 Å². The number of carbonyl (C=O) groups excluding carboxylic acids is 1. The molecular weight excluding hydrogens is 536 g/mol. The van der Waals surface area contributed by atoms with Crippen LogP contribution in [0.25, 0.3) is 10.2 Å². The zero-order chi connectivity index (χ0) is 28.8. The van der Waals surface area contributed by atoms with Crippen molar-refractivity contribution in [2.45, 2.75) is 57.8 Å². The standard InChI is InChI=1S/C32H44N4O4S/c1-32(2,3)40-31(37)36-20-18-35(19-21-36)15-8-22-38-26-10-7-9-24(23-26)29(39-25-13-16-34(4)17-14-25)30-33-27-11-5-6-12-28(27)41-30/h5-7,9-12,23,25,29H,8,13-22H2,1-4H3. The number of nitrogens with zero attached hydrogens (tertiary/aromatic N) is 4. The number of likely N-dealkylation sites (tertiary alicyclic amines) is 1. The van der Waals surface area contributed by atoms with Gasteiger partial charge in [-0.2, -0.15) is 0 Å². The Morgan fingerprint density at radius 1 is 1.02 bits per heavy atom. The summed E-state index contributed by atoms with van der Waals surface area (Å²) in [7, 11) is 2.17. The van der Waals surface area contributed by atoms with Gasteiger partial charge in [0.2, 0.25) is 0 Å². The third-order valence-corrected chi connectivity index (χ3v) is 8.68. The summed E-state index contributed by atoms with van der Waals surface area (Å²) in [4.78, 5) is 23.8. The number of piperidine rings is 1. The first-order chi connectivity index (χ1) is 19.7. The predicted molar refractivity (Wildman–Crippen MR) is 164 cm³/mol. The summed E-state index contributed by atoms with van der Waals surface area (Å²) in [6.07, 6.45) is 2.75. The van der Waals surface area contributed by atoms with Crippen molar-refractivity contribution in [3.05, 3.63) is 59.1 Å². The van der Waals surface area contributed by atoms with E-state index in [1.165, 1.54) is 4.70 Å². The maximum absolute atomic E-state index is 12.3. The summed E-state index contributed by atoms with van der Waals surface area (Å²) >= 11 is 1.71. The number of benzene rings is 2. The van der Waals surface area contributed by atoms with Gasteiger partial charge in [0.1, 0.15) is 22.5 Å². The van der Waals surface area contributed by atoms with Gasteiger partial charge < -0.3 is 24.0 Å². The van der Waals surface area contributed by atoms with Gasteiger partial charge in [-0.1, -0.05) is 24.3 Å². The van der Waals surface area contributed by atoms with Crippen LogP contribution in [0.3, 0.4) is 0 Å². The molecule has 2 aromatic carbocycles. The molecule has 2 aliphatic heterocycles. The second-order valence-electron chi connectivity index (χ2n) is 12.1. The minimum atomic E-state index is -0.462. The van der Waals surface area contributed by atoms with Crippen LogP contribution in [0, 0.1) is 0 Å². The number of hydrogen-bond acceptors (Lipinski definition) is 8. The molecule has 1 atom stereocenters. The predicted octanol–water partition coefficient (Wildman–Crippen LogP) is 5.82. The third kappa shape index (κ3) is 8.41. The van der Waals surface area contributed by atoms with E-state index in [0.29, 0.717) is 19.7 Å². The average molecular weight is 581 g/mol. The number of amides is 1. The molecule has 222 valence electrons. The molecule has 9 heteroatoms. The molecule has 0 saturated carbocycles. The SMILES string of the molecule is CN1CCC(OC(c2cccc(OCCCN3CCN(C(=O)OC(C)(C)C)CC3)c2)c2nc3ccccc3s2)CC1. The number of rotatable bonds is 9. The van der Waals surface area contributed by atoms with E-state index < -0.39 is 5.60 Å². The van der Waals surface area contributed by atoms with E-state index in [9.17, 15) is 4.79 Å². The lowest BCUT2D eigenvalue weighted by Crippen LogP contribution is -2.50. The van der Waals surface area contributed by atoms with E-state index >= 15 is 0 Å². The minimum Gasteiger partial charge on any atom is -0.494 e. The number of hydrogen-bond donors (Lipinski definition) is 0. The van der Waals surface area contributed by atoms with Gasteiger partial charge in [0.25, 0.3) is 0 Å². The number of carbonyl (C=O) groups is 1. The van der Waals surface area contributed by atoms with Gasteiger partial charge in [0.15, 0.2) is 0 Å². The van der Waals surface area contributed by atoms with Crippen LogP contribution in [0.2, 0.25) is 0 Å². The smallest absolute Gasteiger partial charge is 0.410 e. The highest BCUT2D eigenvalue weighted by atomic mass is 32.1. The van der Waals surface area contributed by atoms with Crippen LogP contribution in [0.1, 0.15) is 56.7 Å². The Kier molecular flexibility index (Phi) is 9.80. The van der Waals surface area contributed by atoms with Crippen LogP contribution in [0.4, 0.5) is 4.79 Å². The number of para-hydroxylation sites is 1. The number of thiazole rings is 1. The molecule has 8 nitrogen and oxygen atoms in total. The average Bonchev–Trinajstić information content (AvgIpc) is 3.39. The largest absolute Gasteiger partial charge is 0.494 e. The Labute approximate surface area is 248 Å². The van der Waals surface area contributed by atoms with E-state index in [1.807, 2.05) is 32.9 Å². The highest BCUT2D eigenvalue weighted by Crippen LogP contribution is 2.36. The Morgan fingerprint density at radius 3 is 2.51 bits per heavy atom. The topological polar surface area (TPSA) is 67.4 Å². The molecule has 2 aliphatic rings. The molecule has 1 aromatic heterocycles. The maximum Gasteiger partial charge on any atom is 0.410 e. The van der Waals surface area contributed by atoms with Crippen molar-refractivity contribution in [1.82, 2.24) is 19.7 Å². The molecule has 0 aliphatic carbocycles. The van der Waals surface area contributed by atoms with E-state index in [0.717, 1.165) is 73.8 Å². The van der Waals surface area contributed by atoms with Crippen LogP contribution < -0.4 is 4.74 Å². The van der Waals surface area contributed by atoms with Crippen LogP contribution in [0.5, 0.6) is 5.75 Å². The van der Waals surface area contributed by atoms with Crippen molar-refractivity contribution in [1.29, 1.82) is 0 Å². The maximum atomic E-state index is 12.3. The summed E-state index contributed by atoms with van der Waals surface area (Å²) in [5, 5.41) is 0.993. The van der Waals surface area contributed by atoms with Crippen molar-refractivity contribution in [3.8, 4) is 5.75 Å². The molecule has 2 saturated heterocycles. The minimum absolute atomic E-state index is 0.212. The fourth-order valence-electron chi connectivity index (χ4n) is 5.32. The van der Waals surface area contributed by atoms with Crippen molar-refractivity contribution >= 4 is 27.6 Å². The van der Waals surface area contributed by atoms with Crippen molar-refractivity contribution in [2.75, 3.05) is 59.5 Å². The molecule has 2 fully saturated rings. The summed E-state index contributed by atoms with van der Waals surface area (Å²) in [5.74, 6) is 0.857. The summed E-state index contributed by atoms with van der Waals surface area (Å²) < 4.78 is 19.7. The molecule has 0 spiro atoms. The van der Waals surface area contributed by atoms with Gasteiger partial charge in [-0.15, -0.1) is 11.3 Å². The van der Waals surface area contributed by atoms with Crippen molar-refractivity contribution in [3.63, 3.8) is 0 Å². The fourth-order valence-corrected chi connectivity index (χ4v) is 6.35. The second kappa shape index (κ2) is 13.5. The summed E-state index contributed by atoms with van der Waals surface area (Å²) in [6.45, 7) is 12.5. The van der Waals surface area contributed by atoms with Gasteiger partial charge >= 0.3 is 6.09 Å². The molecule has 5 rings (SSSR count). The summed E-state index contributed by atoms with van der Waals surface area (Å²) in [6, 6.07) is 16.6. The number of fused-ring (bicyclic) bond motifs is 1. The molecule has 3 heterocycles. The first-order valence-corrected chi connectivity index (χ1v) is 15.7. The molecule has 1 amide bonds. The van der Waals surface area contributed by atoms with Gasteiger partial charge in [0, 0.05) is 45.8 Å². The Hall–Kier alpha value is -2.72. The van der Waals surface area contributed by atoms with Gasteiger partial charge in [-0.05, 0) is 76.9 Å². The molecule has 3 aromatic rings. The third-order valence-electron chi connectivity index (χ3n) is 7.60. The van der Waals surface area contributed by atoms with Crippen molar-refractivity contribution in [2.24, 2.45) is 0 Å². The van der Waals surface area contributed by atoms with E-state index in [1.54, 1.807) is 16.2 Å². The lowest BCUT2D eigenvalue weighted by Gasteiger charge is -2.35. The van der Waals surface area contributed by atoms with E-state index in [2.05, 4.69) is 53.2 Å². The number of aromatic nitrogens is 1. The monoisotopic (exact) mass is 580 g/mol. The molecule has 1 unspecified atom stereocenters. The normalized spacial score (nSPS) is 18.5. The van der Waals surface area contributed by atoms with E-state index in [4.69, 9.17) is 19.2 Å². The molecule has 0 radical (unpaired) electrons. The first-order valence-electron chi connectivity index (χ1n) is 14.9. The lowest BCUT2D eigenvalue weighted by molar-refractivity contribution is -0.0235. The van der Waals surface area contributed by atoms with Gasteiger partial charge in [-0.3, -0.25) is 4.90 Å². The Bertz CT molecular complexity index is 1240. The zero-order valence-corrected chi connectivity index (χ0v) is 25.7. The quantitative estimate of drug-likeness (QED) is 0.296. The molecule has 0 N–H and O–H groups in total. The second-order valence-corrected chi connectivity index (χ2v) is 13.2. The summed E-state index contributed by atoms with van der Waals surface area (Å²) in [5.41, 5.74) is 1.64. The lowest BCUT2D eigenvalue weighted by atomic mass is 10.1. The number of ether oxygens (including phenoxy) is 3. The highest BCUT2D eigenvalue weighted by molar-refractivity contribution is 7.18. The van der Waals surface area contributed by atoms with Gasteiger partial charge in [-0.25, -0.2) is 9.78 Å². The molecular formula is C32H44N4O4S. The highest BCUT2D eigenvalue weighted by Gasteiger charge is 2.27. The zero-order valence-electron chi connectivity index (χ0n) is 24.9. The van der Waals surface area contributed by atoms with Crippen LogP contribution in [0.15, 0.2) is 48.5 Å². The Balaban J connectivity index is 1.16. The van der Waals surface area contributed by atoms with Crippen LogP contribution in [-0.4, -0.2) is 96.9 Å². The molecule has 41 heavy (non-hydrogen) atoms. The van der Waals surface area contributed by atoms with Gasteiger partial charge in [0.05, 0.1) is 22.9 Å². The number of piperazine rings is 1.